The van der Waals surface area contributed by atoms with Gasteiger partial charge in [-0.3, -0.25) is 4.90 Å². The first kappa shape index (κ1) is 13.5. The minimum atomic E-state index is -0.523. The summed E-state index contributed by atoms with van der Waals surface area (Å²) in [6, 6.07) is 5.29. The summed E-state index contributed by atoms with van der Waals surface area (Å²) in [5, 5.41) is 0. The van der Waals surface area contributed by atoms with E-state index in [-0.39, 0.29) is 6.09 Å². The van der Waals surface area contributed by atoms with E-state index in [4.69, 9.17) is 15.2 Å². The van der Waals surface area contributed by atoms with Gasteiger partial charge in [-0.1, -0.05) is 0 Å². The van der Waals surface area contributed by atoms with Gasteiger partial charge in [-0.05, 0) is 45.4 Å². The Hall–Kier alpha value is -1.91. The Morgan fingerprint density at radius 3 is 2.84 bits per heavy atom. The highest BCUT2D eigenvalue weighted by Gasteiger charge is 2.27. The largest absolute Gasteiger partial charge is 0.491 e. The van der Waals surface area contributed by atoms with E-state index in [9.17, 15) is 4.79 Å². The number of amides is 1. The highest BCUT2D eigenvalue weighted by molar-refractivity contribution is 5.90. The molecule has 0 radical (unpaired) electrons. The maximum Gasteiger partial charge on any atom is 0.414 e. The maximum atomic E-state index is 12.2. The van der Waals surface area contributed by atoms with Crippen molar-refractivity contribution in [3.8, 4) is 5.75 Å². The van der Waals surface area contributed by atoms with Crippen LogP contribution in [0, 0.1) is 0 Å². The molecule has 104 valence electrons. The van der Waals surface area contributed by atoms with Crippen LogP contribution >= 0.6 is 0 Å². The molecule has 0 fully saturated rings. The Balaban J connectivity index is 2.31. The standard InChI is InChI=1S/C14H20N2O3/c1-14(2,3)19-13(17)16-7-4-8-18-12-6-5-10(15)9-11(12)16/h5-6,9H,4,7-8,15H2,1-3H3. The summed E-state index contributed by atoms with van der Waals surface area (Å²) in [6.07, 6.45) is 0.387. The van der Waals surface area contributed by atoms with Gasteiger partial charge in [0.2, 0.25) is 0 Å². The van der Waals surface area contributed by atoms with Crippen LogP contribution in [0.2, 0.25) is 0 Å². The van der Waals surface area contributed by atoms with E-state index < -0.39 is 5.60 Å². The number of carbonyl (C=O) groups excluding carboxylic acids is 1. The zero-order valence-corrected chi connectivity index (χ0v) is 11.6. The van der Waals surface area contributed by atoms with E-state index in [1.54, 1.807) is 23.1 Å². The number of hydrogen-bond acceptors (Lipinski definition) is 4. The van der Waals surface area contributed by atoms with Crippen LogP contribution in [-0.4, -0.2) is 24.8 Å². The molecule has 2 N–H and O–H groups in total. The van der Waals surface area contributed by atoms with Crippen molar-refractivity contribution in [1.82, 2.24) is 0 Å². The number of carbonyl (C=O) groups is 1. The third kappa shape index (κ3) is 3.30. The number of nitrogen functional groups attached to an aromatic ring is 1. The summed E-state index contributed by atoms with van der Waals surface area (Å²) >= 11 is 0. The maximum absolute atomic E-state index is 12.2. The topological polar surface area (TPSA) is 64.8 Å². The molecule has 0 atom stereocenters. The Labute approximate surface area is 113 Å². The summed E-state index contributed by atoms with van der Waals surface area (Å²) < 4.78 is 11.0. The molecule has 0 unspecified atom stereocenters. The van der Waals surface area contributed by atoms with Gasteiger partial charge >= 0.3 is 6.09 Å². The van der Waals surface area contributed by atoms with Crippen LogP contribution < -0.4 is 15.4 Å². The first-order valence-corrected chi connectivity index (χ1v) is 6.40. The zero-order valence-electron chi connectivity index (χ0n) is 11.6. The van der Waals surface area contributed by atoms with Gasteiger partial charge < -0.3 is 15.2 Å². The van der Waals surface area contributed by atoms with Gasteiger partial charge in [0.15, 0.2) is 0 Å². The first-order valence-electron chi connectivity index (χ1n) is 6.40. The average Bonchev–Trinajstić information content (AvgIpc) is 2.48. The van der Waals surface area contributed by atoms with Crippen LogP contribution in [-0.2, 0) is 4.74 Å². The third-order valence-corrected chi connectivity index (χ3v) is 2.67. The van der Waals surface area contributed by atoms with Gasteiger partial charge in [-0.15, -0.1) is 0 Å². The molecule has 2 rings (SSSR count). The van der Waals surface area contributed by atoms with Gasteiger partial charge in [-0.25, -0.2) is 4.79 Å². The number of fused-ring (bicyclic) bond motifs is 1. The number of hydrogen-bond donors (Lipinski definition) is 1. The molecule has 1 aromatic carbocycles. The van der Waals surface area contributed by atoms with Crippen LogP contribution in [0.25, 0.3) is 0 Å². The number of rotatable bonds is 0. The van der Waals surface area contributed by atoms with Crippen molar-refractivity contribution < 1.29 is 14.3 Å². The second-order valence-corrected chi connectivity index (χ2v) is 5.56. The van der Waals surface area contributed by atoms with E-state index in [0.29, 0.717) is 30.3 Å². The van der Waals surface area contributed by atoms with Crippen molar-refractivity contribution in [2.45, 2.75) is 32.8 Å². The van der Waals surface area contributed by atoms with Crippen molar-refractivity contribution in [2.75, 3.05) is 23.8 Å². The quantitative estimate of drug-likeness (QED) is 0.732. The number of benzene rings is 1. The second kappa shape index (κ2) is 4.99. The van der Waals surface area contributed by atoms with Gasteiger partial charge in [0.1, 0.15) is 11.4 Å². The smallest absolute Gasteiger partial charge is 0.414 e. The Kier molecular flexibility index (Phi) is 3.55. The SMILES string of the molecule is CC(C)(C)OC(=O)N1CCCOc2ccc(N)cc21. The highest BCUT2D eigenvalue weighted by atomic mass is 16.6. The summed E-state index contributed by atoms with van der Waals surface area (Å²) in [5.41, 5.74) is 6.53. The number of ether oxygens (including phenoxy) is 2. The molecule has 0 saturated heterocycles. The third-order valence-electron chi connectivity index (χ3n) is 2.67. The van der Waals surface area contributed by atoms with Crippen LogP contribution in [0.3, 0.4) is 0 Å². The Morgan fingerprint density at radius 1 is 1.42 bits per heavy atom. The molecular weight excluding hydrogens is 244 g/mol. The van der Waals surface area contributed by atoms with Crippen molar-refractivity contribution >= 4 is 17.5 Å². The lowest BCUT2D eigenvalue weighted by atomic mass is 10.2. The monoisotopic (exact) mass is 264 g/mol. The molecule has 0 spiro atoms. The molecule has 0 aromatic heterocycles. The van der Waals surface area contributed by atoms with Crippen molar-refractivity contribution in [3.05, 3.63) is 18.2 Å². The van der Waals surface area contributed by atoms with Gasteiger partial charge in [-0.2, -0.15) is 0 Å². The fourth-order valence-corrected chi connectivity index (χ4v) is 1.90. The van der Waals surface area contributed by atoms with E-state index in [1.165, 1.54) is 0 Å². The van der Waals surface area contributed by atoms with Crippen molar-refractivity contribution in [1.29, 1.82) is 0 Å². The fraction of sp³-hybridized carbons (Fsp3) is 0.500. The molecule has 1 aliphatic heterocycles. The van der Waals surface area contributed by atoms with Gasteiger partial charge in [0.25, 0.3) is 0 Å². The molecule has 5 nitrogen and oxygen atoms in total. The van der Waals surface area contributed by atoms with Crippen molar-refractivity contribution in [3.63, 3.8) is 0 Å². The molecule has 1 aromatic rings. The lowest BCUT2D eigenvalue weighted by Gasteiger charge is -2.27. The van der Waals surface area contributed by atoms with E-state index in [2.05, 4.69) is 0 Å². The lowest BCUT2D eigenvalue weighted by Crippen LogP contribution is -2.37. The molecule has 0 saturated carbocycles. The molecule has 5 heteroatoms. The highest BCUT2D eigenvalue weighted by Crippen LogP contribution is 2.33. The fourth-order valence-electron chi connectivity index (χ4n) is 1.90. The normalized spacial score (nSPS) is 15.2. The van der Waals surface area contributed by atoms with E-state index >= 15 is 0 Å². The van der Waals surface area contributed by atoms with E-state index in [0.717, 1.165) is 6.42 Å². The Bertz CT molecular complexity index is 480. The number of nitrogens with zero attached hydrogens (tertiary/aromatic N) is 1. The molecule has 0 bridgehead atoms. The predicted molar refractivity (Wildman–Crippen MR) is 74.5 cm³/mol. The molecule has 1 aliphatic rings. The second-order valence-electron chi connectivity index (χ2n) is 5.56. The minimum absolute atomic E-state index is 0.371. The summed E-state index contributed by atoms with van der Waals surface area (Å²) in [4.78, 5) is 13.8. The lowest BCUT2D eigenvalue weighted by molar-refractivity contribution is 0.0581. The van der Waals surface area contributed by atoms with Gasteiger partial charge in [0.05, 0.1) is 12.3 Å². The van der Waals surface area contributed by atoms with Crippen LogP contribution in [0.1, 0.15) is 27.2 Å². The van der Waals surface area contributed by atoms with Crippen molar-refractivity contribution in [2.24, 2.45) is 0 Å². The zero-order chi connectivity index (χ0) is 14.0. The molecule has 1 heterocycles. The minimum Gasteiger partial charge on any atom is -0.491 e. The predicted octanol–water partition coefficient (Wildman–Crippen LogP) is 2.79. The number of anilines is 2. The molecular formula is C14H20N2O3. The molecule has 0 aliphatic carbocycles. The van der Waals surface area contributed by atoms with Crippen LogP contribution in [0.5, 0.6) is 5.75 Å². The molecule has 1 amide bonds. The van der Waals surface area contributed by atoms with Gasteiger partial charge in [0, 0.05) is 12.2 Å². The summed E-state index contributed by atoms with van der Waals surface area (Å²) in [6.45, 7) is 6.68. The number of nitrogens with two attached hydrogens (primary N) is 1. The van der Waals surface area contributed by atoms with Crippen LogP contribution in [0.15, 0.2) is 18.2 Å². The average molecular weight is 264 g/mol. The summed E-state index contributed by atoms with van der Waals surface area (Å²) in [5.74, 6) is 0.664. The van der Waals surface area contributed by atoms with Crippen LogP contribution in [0.4, 0.5) is 16.2 Å². The first-order chi connectivity index (χ1) is 8.87. The van der Waals surface area contributed by atoms with E-state index in [1.807, 2.05) is 20.8 Å². The summed E-state index contributed by atoms with van der Waals surface area (Å²) in [7, 11) is 0. The molecule has 19 heavy (non-hydrogen) atoms. The Morgan fingerprint density at radius 2 is 2.16 bits per heavy atom.